The number of hydrogen-bond acceptors (Lipinski definition) is 3. The minimum absolute atomic E-state index is 0.0489. The number of fused-ring (bicyclic) bond motifs is 1. The second-order valence-corrected chi connectivity index (χ2v) is 6.20. The van der Waals surface area contributed by atoms with Crippen LogP contribution < -0.4 is 5.56 Å². The molecule has 2 aromatic carbocycles. The van der Waals surface area contributed by atoms with E-state index in [1.807, 2.05) is 24.3 Å². The van der Waals surface area contributed by atoms with Gasteiger partial charge in [0.2, 0.25) is 0 Å². The largest absolute Gasteiger partial charge is 0.396 e. The van der Waals surface area contributed by atoms with Gasteiger partial charge in [0.05, 0.1) is 11.1 Å². The van der Waals surface area contributed by atoms with Gasteiger partial charge in [0, 0.05) is 25.0 Å². The molecule has 0 atom stereocenters. The van der Waals surface area contributed by atoms with Crippen molar-refractivity contribution in [2.45, 2.75) is 33.2 Å². The first-order valence-electron chi connectivity index (χ1n) is 8.26. The highest BCUT2D eigenvalue weighted by atomic mass is 16.3. The lowest BCUT2D eigenvalue weighted by Gasteiger charge is -2.12. The van der Waals surface area contributed by atoms with Gasteiger partial charge in [-0.05, 0) is 37.5 Å². The van der Waals surface area contributed by atoms with Gasteiger partial charge in [0.1, 0.15) is 0 Å². The van der Waals surface area contributed by atoms with Crippen LogP contribution in [0.15, 0.2) is 47.3 Å². The molecule has 1 aromatic heterocycles. The Hall–Kier alpha value is -2.46. The maximum absolute atomic E-state index is 12.6. The Labute approximate surface area is 141 Å². The van der Waals surface area contributed by atoms with Crippen LogP contribution in [0, 0.1) is 13.8 Å². The monoisotopic (exact) mass is 322 g/mol. The summed E-state index contributed by atoms with van der Waals surface area (Å²) in [5.74, 6) is 0. The maximum atomic E-state index is 12.6. The van der Waals surface area contributed by atoms with E-state index in [1.54, 1.807) is 0 Å². The Bertz CT molecular complexity index is 929. The average molecular weight is 322 g/mol. The van der Waals surface area contributed by atoms with Crippen molar-refractivity contribution in [1.29, 1.82) is 0 Å². The highest BCUT2D eigenvalue weighted by Gasteiger charge is 2.12. The number of rotatable bonds is 5. The van der Waals surface area contributed by atoms with Crippen LogP contribution in [0.2, 0.25) is 0 Å². The molecule has 4 nitrogen and oxygen atoms in total. The predicted octanol–water partition coefficient (Wildman–Crippen LogP) is 2.99. The van der Waals surface area contributed by atoms with Crippen molar-refractivity contribution in [1.82, 2.24) is 9.78 Å². The molecule has 0 saturated heterocycles. The quantitative estimate of drug-likeness (QED) is 0.785. The van der Waals surface area contributed by atoms with Crippen LogP contribution in [0.25, 0.3) is 10.8 Å². The van der Waals surface area contributed by atoms with Gasteiger partial charge in [-0.15, -0.1) is 0 Å². The van der Waals surface area contributed by atoms with E-state index in [-0.39, 0.29) is 12.2 Å². The van der Waals surface area contributed by atoms with Gasteiger partial charge in [-0.1, -0.05) is 42.0 Å². The Morgan fingerprint density at radius 2 is 1.83 bits per heavy atom. The summed E-state index contributed by atoms with van der Waals surface area (Å²) >= 11 is 0. The molecule has 0 unspecified atom stereocenters. The molecule has 4 heteroatoms. The van der Waals surface area contributed by atoms with Crippen molar-refractivity contribution in [2.75, 3.05) is 6.61 Å². The zero-order chi connectivity index (χ0) is 17.1. The van der Waals surface area contributed by atoms with E-state index in [4.69, 9.17) is 5.11 Å². The first-order valence-corrected chi connectivity index (χ1v) is 8.26. The Morgan fingerprint density at radius 3 is 2.58 bits per heavy atom. The van der Waals surface area contributed by atoms with Gasteiger partial charge in [-0.2, -0.15) is 5.10 Å². The van der Waals surface area contributed by atoms with Gasteiger partial charge in [0.25, 0.3) is 5.56 Å². The molecule has 0 spiro atoms. The van der Waals surface area contributed by atoms with Gasteiger partial charge in [-0.3, -0.25) is 4.79 Å². The number of hydrogen-bond donors (Lipinski definition) is 1. The molecule has 0 fully saturated rings. The third-order valence-corrected chi connectivity index (χ3v) is 4.33. The van der Waals surface area contributed by atoms with E-state index in [0.29, 0.717) is 24.8 Å². The topological polar surface area (TPSA) is 55.1 Å². The lowest BCUT2D eigenvalue weighted by Crippen LogP contribution is -2.25. The minimum atomic E-state index is -0.0937. The van der Waals surface area contributed by atoms with Crippen LogP contribution in [-0.2, 0) is 13.0 Å². The number of nitrogens with zero attached hydrogens (tertiary/aromatic N) is 2. The summed E-state index contributed by atoms with van der Waals surface area (Å²) < 4.78 is 1.49. The summed E-state index contributed by atoms with van der Waals surface area (Å²) in [4.78, 5) is 12.6. The van der Waals surface area contributed by atoms with E-state index < -0.39 is 0 Å². The average Bonchev–Trinajstić information content (AvgIpc) is 2.59. The SMILES string of the molecule is Cc1ccc(C)c(Cc2nn(CCCO)c(=O)c3ccccc23)c1. The smallest absolute Gasteiger partial charge is 0.274 e. The van der Waals surface area contributed by atoms with Crippen molar-refractivity contribution in [3.63, 3.8) is 0 Å². The first kappa shape index (κ1) is 16.4. The molecular formula is C20H22N2O2. The fraction of sp³-hybridized carbons (Fsp3) is 0.300. The predicted molar refractivity (Wildman–Crippen MR) is 96.4 cm³/mol. The molecule has 0 bridgehead atoms. The van der Waals surface area contributed by atoms with Gasteiger partial charge < -0.3 is 5.11 Å². The molecule has 0 aliphatic heterocycles. The Morgan fingerprint density at radius 1 is 1.08 bits per heavy atom. The normalized spacial score (nSPS) is 11.1. The van der Waals surface area contributed by atoms with Crippen LogP contribution in [-0.4, -0.2) is 21.5 Å². The summed E-state index contributed by atoms with van der Waals surface area (Å²) in [7, 11) is 0. The molecule has 0 saturated carbocycles. The Balaban J connectivity index is 2.13. The first-order chi connectivity index (χ1) is 11.6. The van der Waals surface area contributed by atoms with Crippen LogP contribution in [0.3, 0.4) is 0 Å². The van der Waals surface area contributed by atoms with Crippen molar-refractivity contribution < 1.29 is 5.11 Å². The minimum Gasteiger partial charge on any atom is -0.396 e. The second-order valence-electron chi connectivity index (χ2n) is 6.20. The number of aliphatic hydroxyl groups is 1. The maximum Gasteiger partial charge on any atom is 0.274 e. The molecule has 1 heterocycles. The highest BCUT2D eigenvalue weighted by molar-refractivity contribution is 5.83. The second kappa shape index (κ2) is 6.97. The van der Waals surface area contributed by atoms with Crippen LogP contribution in [0.5, 0.6) is 0 Å². The van der Waals surface area contributed by atoms with E-state index in [0.717, 1.165) is 11.1 Å². The zero-order valence-corrected chi connectivity index (χ0v) is 14.1. The number of aromatic nitrogens is 2. The molecule has 0 aliphatic rings. The molecule has 0 aliphatic carbocycles. The zero-order valence-electron chi connectivity index (χ0n) is 14.1. The van der Waals surface area contributed by atoms with Crippen molar-refractivity contribution >= 4 is 10.8 Å². The molecule has 0 amide bonds. The molecule has 0 radical (unpaired) electrons. The third kappa shape index (κ3) is 3.24. The van der Waals surface area contributed by atoms with Gasteiger partial charge in [0.15, 0.2) is 0 Å². The summed E-state index contributed by atoms with van der Waals surface area (Å²) in [5.41, 5.74) is 4.47. The summed E-state index contributed by atoms with van der Waals surface area (Å²) in [5, 5.41) is 15.2. The van der Waals surface area contributed by atoms with Crippen LogP contribution in [0.1, 0.15) is 28.8 Å². The fourth-order valence-corrected chi connectivity index (χ4v) is 2.98. The summed E-state index contributed by atoms with van der Waals surface area (Å²) in [6.07, 6.45) is 1.21. The van der Waals surface area contributed by atoms with E-state index in [1.165, 1.54) is 21.4 Å². The summed E-state index contributed by atoms with van der Waals surface area (Å²) in [6.45, 7) is 4.66. The third-order valence-electron chi connectivity index (χ3n) is 4.33. The number of benzene rings is 2. The standard InChI is InChI=1S/C20H22N2O2/c1-14-8-9-15(2)16(12-14)13-19-17-6-3-4-7-18(17)20(24)22(21-19)10-5-11-23/h3-4,6-9,12,23H,5,10-11,13H2,1-2H3. The lowest BCUT2D eigenvalue weighted by atomic mass is 9.99. The van der Waals surface area contributed by atoms with Crippen LogP contribution >= 0.6 is 0 Å². The number of aryl methyl sites for hydroxylation is 3. The molecule has 3 aromatic rings. The molecule has 3 rings (SSSR count). The van der Waals surface area contributed by atoms with Crippen molar-refractivity contribution in [3.8, 4) is 0 Å². The molecular weight excluding hydrogens is 300 g/mol. The van der Waals surface area contributed by atoms with Gasteiger partial charge >= 0.3 is 0 Å². The van der Waals surface area contributed by atoms with Crippen molar-refractivity contribution in [2.24, 2.45) is 0 Å². The molecule has 1 N–H and O–H groups in total. The number of aliphatic hydroxyl groups excluding tert-OH is 1. The van der Waals surface area contributed by atoms with Crippen molar-refractivity contribution in [3.05, 3.63) is 75.2 Å². The lowest BCUT2D eigenvalue weighted by molar-refractivity contribution is 0.275. The van der Waals surface area contributed by atoms with E-state index in [2.05, 4.69) is 37.1 Å². The Kier molecular flexibility index (Phi) is 4.76. The van der Waals surface area contributed by atoms with E-state index >= 15 is 0 Å². The molecule has 24 heavy (non-hydrogen) atoms. The fourth-order valence-electron chi connectivity index (χ4n) is 2.98. The van der Waals surface area contributed by atoms with E-state index in [9.17, 15) is 4.79 Å². The van der Waals surface area contributed by atoms with Crippen LogP contribution in [0.4, 0.5) is 0 Å². The molecule has 124 valence electrons. The van der Waals surface area contributed by atoms with Gasteiger partial charge in [-0.25, -0.2) is 4.68 Å². The highest BCUT2D eigenvalue weighted by Crippen LogP contribution is 2.20. The summed E-state index contributed by atoms with van der Waals surface area (Å²) in [6, 6.07) is 14.0.